The fourth-order valence-corrected chi connectivity index (χ4v) is 3.01. The summed E-state index contributed by atoms with van der Waals surface area (Å²) in [6.07, 6.45) is 2.27. The number of rotatable bonds is 7. The summed E-state index contributed by atoms with van der Waals surface area (Å²) in [4.78, 5) is 14.0. The number of Topliss-reactive ketones (excluding diaryl/α,β-unsaturated/α-hetero) is 1. The van der Waals surface area contributed by atoms with Gasteiger partial charge in [0.15, 0.2) is 5.78 Å². The number of aromatic hydroxyl groups is 1. The number of likely N-dealkylation sites (tertiary alicyclic amines) is 1. The minimum atomic E-state index is -0.142. The molecule has 5 heteroatoms. The molecule has 122 valence electrons. The zero-order valence-corrected chi connectivity index (χ0v) is 13.6. The fourth-order valence-electron chi connectivity index (χ4n) is 3.01. The number of phenols is 1. The zero-order valence-electron chi connectivity index (χ0n) is 13.6. The summed E-state index contributed by atoms with van der Waals surface area (Å²) >= 11 is 0. The number of hydrogen-bond donors (Lipinski definition) is 1. The molecule has 1 heterocycles. The second kappa shape index (κ2) is 7.61. The second-order valence-corrected chi connectivity index (χ2v) is 5.69. The first kappa shape index (κ1) is 16.8. The fraction of sp³-hybridized carbons (Fsp3) is 0.588. The molecule has 1 saturated heterocycles. The highest BCUT2D eigenvalue weighted by atomic mass is 16.5. The predicted octanol–water partition coefficient (Wildman–Crippen LogP) is 2.60. The molecule has 0 spiro atoms. The molecule has 5 nitrogen and oxygen atoms in total. The van der Waals surface area contributed by atoms with Gasteiger partial charge in [-0.3, -0.25) is 9.69 Å². The van der Waals surface area contributed by atoms with Gasteiger partial charge in [-0.25, -0.2) is 0 Å². The van der Waals surface area contributed by atoms with E-state index in [1.165, 1.54) is 6.92 Å². The Kier molecular flexibility index (Phi) is 5.80. The molecular weight excluding hydrogens is 282 g/mol. The van der Waals surface area contributed by atoms with Crippen molar-refractivity contribution in [3.63, 3.8) is 0 Å². The van der Waals surface area contributed by atoms with Crippen LogP contribution in [0.1, 0.15) is 42.6 Å². The lowest BCUT2D eigenvalue weighted by atomic mass is 10.0. The normalized spacial score (nSPS) is 18.6. The smallest absolute Gasteiger partial charge is 0.163 e. The third-order valence-electron chi connectivity index (χ3n) is 4.09. The van der Waals surface area contributed by atoms with Crippen molar-refractivity contribution in [3.8, 4) is 11.5 Å². The van der Waals surface area contributed by atoms with E-state index in [1.54, 1.807) is 19.2 Å². The van der Waals surface area contributed by atoms with E-state index in [-0.39, 0.29) is 11.5 Å². The maximum Gasteiger partial charge on any atom is 0.163 e. The van der Waals surface area contributed by atoms with E-state index in [0.29, 0.717) is 37.1 Å². The number of phenolic OH excluding ortho intramolecular Hbond substituents is 1. The molecule has 0 amide bonds. The Hall–Kier alpha value is -1.59. The summed E-state index contributed by atoms with van der Waals surface area (Å²) in [7, 11) is 1.72. The molecule has 1 aromatic carbocycles. The van der Waals surface area contributed by atoms with E-state index >= 15 is 0 Å². The topological polar surface area (TPSA) is 59.0 Å². The van der Waals surface area contributed by atoms with Gasteiger partial charge in [0.25, 0.3) is 0 Å². The predicted molar refractivity (Wildman–Crippen MR) is 84.6 cm³/mol. The lowest BCUT2D eigenvalue weighted by Gasteiger charge is -2.25. The summed E-state index contributed by atoms with van der Waals surface area (Å²) in [5.74, 6) is 0.485. The van der Waals surface area contributed by atoms with Gasteiger partial charge in [-0.05, 0) is 39.3 Å². The van der Waals surface area contributed by atoms with Crippen LogP contribution in [0.2, 0.25) is 0 Å². The number of methoxy groups -OCH3 is 1. The monoisotopic (exact) mass is 307 g/mol. The number of ether oxygens (including phenoxy) is 2. The van der Waals surface area contributed by atoms with Crippen molar-refractivity contribution < 1.29 is 19.4 Å². The number of carbonyl (C=O) groups excluding carboxylic acids is 1. The van der Waals surface area contributed by atoms with Crippen LogP contribution in [0.5, 0.6) is 11.5 Å². The Morgan fingerprint density at radius 1 is 1.45 bits per heavy atom. The number of benzene rings is 1. The average molecular weight is 307 g/mol. The van der Waals surface area contributed by atoms with Gasteiger partial charge in [0.05, 0.1) is 18.8 Å². The van der Waals surface area contributed by atoms with Gasteiger partial charge in [0, 0.05) is 31.3 Å². The van der Waals surface area contributed by atoms with Crippen LogP contribution >= 0.6 is 0 Å². The Morgan fingerprint density at radius 2 is 2.23 bits per heavy atom. The Balaban J connectivity index is 2.27. The lowest BCUT2D eigenvalue weighted by Crippen LogP contribution is -2.32. The van der Waals surface area contributed by atoms with Gasteiger partial charge in [-0.1, -0.05) is 0 Å². The molecule has 1 aliphatic rings. The Labute approximate surface area is 131 Å². The molecule has 0 unspecified atom stereocenters. The highest BCUT2D eigenvalue weighted by Crippen LogP contribution is 2.31. The van der Waals surface area contributed by atoms with Crippen LogP contribution in [0.25, 0.3) is 0 Å². The van der Waals surface area contributed by atoms with Crippen LogP contribution in [0.4, 0.5) is 0 Å². The highest BCUT2D eigenvalue weighted by molar-refractivity contribution is 5.97. The number of carbonyl (C=O) groups is 1. The van der Waals surface area contributed by atoms with Crippen LogP contribution in [0.15, 0.2) is 12.1 Å². The van der Waals surface area contributed by atoms with Crippen molar-refractivity contribution in [1.29, 1.82) is 0 Å². The van der Waals surface area contributed by atoms with E-state index in [1.807, 2.05) is 6.92 Å². The van der Waals surface area contributed by atoms with Crippen molar-refractivity contribution in [3.05, 3.63) is 23.3 Å². The first-order valence-corrected chi connectivity index (χ1v) is 7.79. The van der Waals surface area contributed by atoms with E-state index in [0.717, 1.165) is 24.9 Å². The molecule has 1 N–H and O–H groups in total. The Morgan fingerprint density at radius 3 is 2.86 bits per heavy atom. The van der Waals surface area contributed by atoms with Gasteiger partial charge in [0.2, 0.25) is 0 Å². The molecule has 0 bridgehead atoms. The third kappa shape index (κ3) is 3.78. The molecule has 22 heavy (non-hydrogen) atoms. The molecule has 0 aromatic heterocycles. The second-order valence-electron chi connectivity index (χ2n) is 5.69. The number of ketones is 1. The summed E-state index contributed by atoms with van der Waals surface area (Å²) < 4.78 is 10.9. The third-order valence-corrected chi connectivity index (χ3v) is 4.09. The molecule has 0 aliphatic carbocycles. The molecule has 0 radical (unpaired) electrons. The molecule has 0 saturated carbocycles. The molecule has 1 atom stereocenters. The zero-order chi connectivity index (χ0) is 16.1. The summed E-state index contributed by atoms with van der Waals surface area (Å²) in [6, 6.07) is 3.70. The SMILES string of the molecule is CCOc1cc(O)c(C(C)=O)cc1CN1CCC[C@@H]1COC. The van der Waals surface area contributed by atoms with Gasteiger partial charge >= 0.3 is 0 Å². The van der Waals surface area contributed by atoms with Crippen LogP contribution in [0.3, 0.4) is 0 Å². The van der Waals surface area contributed by atoms with Crippen LogP contribution < -0.4 is 4.74 Å². The quantitative estimate of drug-likeness (QED) is 0.785. The molecule has 1 fully saturated rings. The molecule has 1 aliphatic heterocycles. The maximum atomic E-state index is 11.7. The molecule has 2 rings (SSSR count). The molecular formula is C17H25NO4. The van der Waals surface area contributed by atoms with Gasteiger partial charge in [0.1, 0.15) is 11.5 Å². The van der Waals surface area contributed by atoms with E-state index in [4.69, 9.17) is 9.47 Å². The number of nitrogens with zero attached hydrogens (tertiary/aromatic N) is 1. The van der Waals surface area contributed by atoms with Gasteiger partial charge in [-0.15, -0.1) is 0 Å². The minimum absolute atomic E-state index is 0.0189. The first-order chi connectivity index (χ1) is 10.6. The minimum Gasteiger partial charge on any atom is -0.507 e. The highest BCUT2D eigenvalue weighted by Gasteiger charge is 2.26. The number of hydrogen-bond acceptors (Lipinski definition) is 5. The van der Waals surface area contributed by atoms with E-state index < -0.39 is 0 Å². The maximum absolute atomic E-state index is 11.7. The molecule has 1 aromatic rings. The Bertz CT molecular complexity index is 530. The van der Waals surface area contributed by atoms with Crippen LogP contribution in [0, 0.1) is 0 Å². The van der Waals surface area contributed by atoms with Crippen molar-refractivity contribution in [2.45, 2.75) is 39.3 Å². The van der Waals surface area contributed by atoms with Crippen molar-refractivity contribution in [1.82, 2.24) is 4.90 Å². The van der Waals surface area contributed by atoms with Crippen molar-refractivity contribution in [2.24, 2.45) is 0 Å². The summed E-state index contributed by atoms with van der Waals surface area (Å²) in [6.45, 7) is 6.31. The lowest BCUT2D eigenvalue weighted by molar-refractivity contribution is 0.101. The first-order valence-electron chi connectivity index (χ1n) is 7.79. The van der Waals surface area contributed by atoms with E-state index in [2.05, 4.69) is 4.90 Å². The van der Waals surface area contributed by atoms with Crippen molar-refractivity contribution in [2.75, 3.05) is 26.9 Å². The summed E-state index contributed by atoms with van der Waals surface area (Å²) in [5, 5.41) is 9.98. The van der Waals surface area contributed by atoms with Crippen LogP contribution in [-0.4, -0.2) is 48.7 Å². The summed E-state index contributed by atoms with van der Waals surface area (Å²) in [5.41, 5.74) is 1.29. The standard InChI is InChI=1S/C17H25NO4/c1-4-22-17-9-16(20)15(12(2)19)8-13(17)10-18-7-5-6-14(18)11-21-3/h8-9,14,20H,4-7,10-11H2,1-3H3/t14-/m1/s1. The van der Waals surface area contributed by atoms with E-state index in [9.17, 15) is 9.90 Å². The van der Waals surface area contributed by atoms with Gasteiger partial charge in [-0.2, -0.15) is 0 Å². The van der Waals surface area contributed by atoms with Gasteiger partial charge < -0.3 is 14.6 Å². The van der Waals surface area contributed by atoms with Crippen molar-refractivity contribution >= 4 is 5.78 Å². The largest absolute Gasteiger partial charge is 0.507 e. The average Bonchev–Trinajstić information content (AvgIpc) is 2.89. The van der Waals surface area contributed by atoms with Crippen LogP contribution in [-0.2, 0) is 11.3 Å².